The molecule has 0 N–H and O–H groups in total. The molecule has 0 bridgehead atoms. The fourth-order valence-electron chi connectivity index (χ4n) is 7.27. The summed E-state index contributed by atoms with van der Waals surface area (Å²) >= 11 is 0. The number of carbonyl (C=O) groups excluding carboxylic acids is 3. The third-order valence-electron chi connectivity index (χ3n) is 11.7. The van der Waals surface area contributed by atoms with Gasteiger partial charge in [0.2, 0.25) is 0 Å². The minimum absolute atomic E-state index is 0.119. The van der Waals surface area contributed by atoms with Gasteiger partial charge in [0.25, 0.3) is 0 Å². The molecule has 0 aromatic heterocycles. The first kappa shape index (κ1) is 70.5. The van der Waals surface area contributed by atoms with Crippen molar-refractivity contribution in [3.05, 3.63) is 182 Å². The molecule has 0 aliphatic heterocycles. The van der Waals surface area contributed by atoms with Gasteiger partial charge in [-0.2, -0.15) is 0 Å². The van der Waals surface area contributed by atoms with Crippen LogP contribution >= 0.6 is 0 Å². The summed E-state index contributed by atoms with van der Waals surface area (Å²) in [7, 11) is 0. The van der Waals surface area contributed by atoms with E-state index in [1.165, 1.54) is 19.3 Å². The summed E-state index contributed by atoms with van der Waals surface area (Å²) in [5.41, 5.74) is 0. The van der Waals surface area contributed by atoms with Crippen molar-refractivity contribution < 1.29 is 28.6 Å². The van der Waals surface area contributed by atoms with Crippen molar-refractivity contribution in [3.63, 3.8) is 0 Å². The molecule has 6 heteroatoms. The van der Waals surface area contributed by atoms with Gasteiger partial charge in [0.15, 0.2) is 6.10 Å². The molecule has 0 aromatic rings. The second-order valence-corrected chi connectivity index (χ2v) is 18.8. The van der Waals surface area contributed by atoms with Crippen molar-refractivity contribution in [2.45, 2.75) is 226 Å². The molecule has 0 radical (unpaired) electrons. The molecule has 1 atom stereocenters. The third kappa shape index (κ3) is 59.4. The average molecular weight is 1040 g/mol. The number of unbranched alkanes of at least 4 members (excludes halogenated alkanes) is 10. The number of hydrogen-bond donors (Lipinski definition) is 0. The molecule has 0 aliphatic rings. The summed E-state index contributed by atoms with van der Waals surface area (Å²) in [6.07, 6.45) is 93.5. The molecule has 6 nitrogen and oxygen atoms in total. The molecule has 0 fully saturated rings. The zero-order valence-electron chi connectivity index (χ0n) is 48.2. The van der Waals surface area contributed by atoms with E-state index in [0.717, 1.165) is 154 Å². The molecular weight excluding hydrogens is 937 g/mol. The van der Waals surface area contributed by atoms with Crippen LogP contribution in [0.5, 0.6) is 0 Å². The molecule has 0 saturated heterocycles. The van der Waals surface area contributed by atoms with Crippen LogP contribution in [0.3, 0.4) is 0 Å². The molecule has 0 spiro atoms. The molecule has 422 valence electrons. The van der Waals surface area contributed by atoms with E-state index in [-0.39, 0.29) is 37.5 Å². The number of carbonyl (C=O) groups is 3. The van der Waals surface area contributed by atoms with Crippen molar-refractivity contribution in [3.8, 4) is 0 Å². The molecule has 76 heavy (non-hydrogen) atoms. The van der Waals surface area contributed by atoms with Crippen LogP contribution in [-0.4, -0.2) is 37.2 Å². The van der Waals surface area contributed by atoms with E-state index in [4.69, 9.17) is 14.2 Å². The van der Waals surface area contributed by atoms with E-state index >= 15 is 0 Å². The van der Waals surface area contributed by atoms with E-state index in [9.17, 15) is 14.4 Å². The Kier molecular flexibility index (Phi) is 57.6. The van der Waals surface area contributed by atoms with Crippen LogP contribution in [-0.2, 0) is 28.6 Å². The van der Waals surface area contributed by atoms with Crippen LogP contribution in [0.2, 0.25) is 0 Å². The predicted octanol–water partition coefficient (Wildman–Crippen LogP) is 20.5. The van der Waals surface area contributed by atoms with E-state index in [2.05, 4.69) is 203 Å². The summed E-state index contributed by atoms with van der Waals surface area (Å²) in [6.45, 7) is 6.25. The Hall–Kier alpha value is -5.49. The first-order valence-corrected chi connectivity index (χ1v) is 29.8. The highest BCUT2D eigenvalue weighted by Crippen LogP contribution is 2.11. The maximum absolute atomic E-state index is 12.8. The fraction of sp³-hybridized carbons (Fsp3) is 0.529. The molecule has 0 amide bonds. The Morgan fingerprint density at radius 3 is 0.842 bits per heavy atom. The van der Waals surface area contributed by atoms with Crippen LogP contribution in [0.4, 0.5) is 0 Å². The zero-order chi connectivity index (χ0) is 55.0. The number of rotatable bonds is 51. The van der Waals surface area contributed by atoms with Gasteiger partial charge in [-0.25, -0.2) is 0 Å². The SMILES string of the molecule is CC/C=C\C/C=C\C/C=C\C/C=C\C/C=C\C/C=C\C/C=C\C/C=C\CCCCCCC(=O)OCC(COC(=O)CCCCCCCC)OC(=O)CCC/C=C\C/C=C\C/C=C\C/C=C\C/C=C\C/C=C\C/C=C\CC. The van der Waals surface area contributed by atoms with Crippen LogP contribution in [0.1, 0.15) is 220 Å². The van der Waals surface area contributed by atoms with Crippen molar-refractivity contribution in [2.75, 3.05) is 13.2 Å². The van der Waals surface area contributed by atoms with Crippen LogP contribution in [0.25, 0.3) is 0 Å². The molecule has 0 aliphatic carbocycles. The van der Waals surface area contributed by atoms with Gasteiger partial charge in [-0.3, -0.25) is 14.4 Å². The third-order valence-corrected chi connectivity index (χ3v) is 11.7. The summed E-state index contributed by atoms with van der Waals surface area (Å²) in [4.78, 5) is 37.9. The van der Waals surface area contributed by atoms with Crippen molar-refractivity contribution >= 4 is 17.9 Å². The Labute approximate surface area is 465 Å². The highest BCUT2D eigenvalue weighted by atomic mass is 16.6. The Balaban J connectivity index is 4.34. The summed E-state index contributed by atoms with van der Waals surface area (Å²) in [5, 5.41) is 0. The standard InChI is InChI=1S/C70H106O6/c1-4-7-10-13-16-18-20-22-24-26-28-30-32-33-34-35-36-37-39-40-42-44-46-48-50-52-54-57-60-63-69(72)75-66-67(65-74-68(71)62-59-56-15-12-9-6-3)76-70(73)64-61-58-55-53-51-49-47-45-43-41-38-31-29-27-25-23-21-19-17-14-11-8-5-2/h7-8,10-11,16-19,22-25,28-31,33-34,36-37,40-43,46-49,53,55,67H,4-6,9,12-15,20-21,26-27,32,35,38-39,44-45,50-52,54,56-66H2,1-3H3/b10-7-,11-8-,18-16-,19-17-,24-22-,25-23-,30-28-,31-29-,34-33-,37-36-,42-40-,43-41-,48-46-,49-47-,55-53-. The van der Waals surface area contributed by atoms with Crippen molar-refractivity contribution in [1.82, 2.24) is 0 Å². The van der Waals surface area contributed by atoms with Crippen molar-refractivity contribution in [1.29, 1.82) is 0 Å². The van der Waals surface area contributed by atoms with Gasteiger partial charge in [0.1, 0.15) is 13.2 Å². The van der Waals surface area contributed by atoms with Crippen LogP contribution < -0.4 is 0 Å². The largest absolute Gasteiger partial charge is 0.462 e. The lowest BCUT2D eigenvalue weighted by molar-refractivity contribution is -0.167. The lowest BCUT2D eigenvalue weighted by atomic mass is 10.1. The van der Waals surface area contributed by atoms with Gasteiger partial charge in [0.05, 0.1) is 0 Å². The predicted molar refractivity (Wildman–Crippen MR) is 329 cm³/mol. The quantitative estimate of drug-likeness (QED) is 0.0261. The van der Waals surface area contributed by atoms with Gasteiger partial charge >= 0.3 is 17.9 Å². The average Bonchev–Trinajstić information content (AvgIpc) is 3.42. The van der Waals surface area contributed by atoms with E-state index in [1.807, 2.05) is 0 Å². The summed E-state index contributed by atoms with van der Waals surface area (Å²) < 4.78 is 16.7. The number of ether oxygens (including phenoxy) is 3. The zero-order valence-corrected chi connectivity index (χ0v) is 48.2. The summed E-state index contributed by atoms with van der Waals surface area (Å²) in [5.74, 6) is -1.03. The lowest BCUT2D eigenvalue weighted by Crippen LogP contribution is -2.30. The monoisotopic (exact) mass is 1040 g/mol. The Morgan fingerprint density at radius 2 is 0.526 bits per heavy atom. The maximum Gasteiger partial charge on any atom is 0.306 e. The lowest BCUT2D eigenvalue weighted by Gasteiger charge is -2.18. The number of hydrogen-bond acceptors (Lipinski definition) is 6. The maximum atomic E-state index is 12.8. The highest BCUT2D eigenvalue weighted by molar-refractivity contribution is 5.71. The van der Waals surface area contributed by atoms with Crippen LogP contribution in [0.15, 0.2) is 182 Å². The van der Waals surface area contributed by atoms with Gasteiger partial charge in [0, 0.05) is 19.3 Å². The molecular formula is C70H106O6. The minimum atomic E-state index is -0.827. The summed E-state index contributed by atoms with van der Waals surface area (Å²) in [6, 6.07) is 0. The van der Waals surface area contributed by atoms with E-state index in [0.29, 0.717) is 19.3 Å². The highest BCUT2D eigenvalue weighted by Gasteiger charge is 2.19. The van der Waals surface area contributed by atoms with Gasteiger partial charge in [-0.05, 0) is 135 Å². The molecule has 1 unspecified atom stereocenters. The first-order chi connectivity index (χ1) is 37.5. The second kappa shape index (κ2) is 62.1. The smallest absolute Gasteiger partial charge is 0.306 e. The van der Waals surface area contributed by atoms with Gasteiger partial charge < -0.3 is 14.2 Å². The molecule has 0 heterocycles. The van der Waals surface area contributed by atoms with E-state index < -0.39 is 6.10 Å². The normalized spacial score (nSPS) is 13.5. The first-order valence-electron chi connectivity index (χ1n) is 29.8. The number of allylic oxidation sites excluding steroid dienone is 30. The molecule has 0 rings (SSSR count). The Bertz CT molecular complexity index is 1820. The van der Waals surface area contributed by atoms with Gasteiger partial charge in [-0.1, -0.05) is 248 Å². The fourth-order valence-corrected chi connectivity index (χ4v) is 7.27. The number of esters is 3. The Morgan fingerprint density at radius 1 is 0.276 bits per heavy atom. The second-order valence-electron chi connectivity index (χ2n) is 18.8. The van der Waals surface area contributed by atoms with Crippen LogP contribution in [0, 0.1) is 0 Å². The van der Waals surface area contributed by atoms with Gasteiger partial charge in [-0.15, -0.1) is 0 Å². The molecule has 0 aromatic carbocycles. The molecule has 0 saturated carbocycles. The topological polar surface area (TPSA) is 78.9 Å². The van der Waals surface area contributed by atoms with E-state index in [1.54, 1.807) is 0 Å². The minimum Gasteiger partial charge on any atom is -0.462 e. The van der Waals surface area contributed by atoms with Crippen molar-refractivity contribution in [2.24, 2.45) is 0 Å².